The van der Waals surface area contributed by atoms with E-state index in [1.165, 1.54) is 31.3 Å². The minimum Gasteiger partial charge on any atom is -0.355 e. The van der Waals surface area contributed by atoms with E-state index in [0.29, 0.717) is 16.9 Å². The standard InChI is InChI=1S/C23H22ClN3O4S/c1-14-4-7-16(8-5-14)27-32(30,31)18-10-6-15(2)19(13-18)23(29)26-17-9-11-21(24)20(12-17)22(28)25-3/h4-13,27H,1-3H3,(H,25,28)(H,26,29). The van der Waals surface area contributed by atoms with Gasteiger partial charge in [0.15, 0.2) is 0 Å². The fraction of sp³-hybridized carbons (Fsp3) is 0.130. The number of hydrogen-bond acceptors (Lipinski definition) is 4. The number of carbonyl (C=O) groups is 2. The van der Waals surface area contributed by atoms with Gasteiger partial charge in [-0.05, 0) is 61.9 Å². The Hall–Kier alpha value is -3.36. The van der Waals surface area contributed by atoms with Gasteiger partial charge in [0.25, 0.3) is 21.8 Å². The summed E-state index contributed by atoms with van der Waals surface area (Å²) in [7, 11) is -2.42. The number of anilines is 2. The van der Waals surface area contributed by atoms with Crippen molar-refractivity contribution in [3.8, 4) is 0 Å². The monoisotopic (exact) mass is 471 g/mol. The van der Waals surface area contributed by atoms with Crippen LogP contribution in [0.3, 0.4) is 0 Å². The van der Waals surface area contributed by atoms with Crippen molar-refractivity contribution in [3.63, 3.8) is 0 Å². The van der Waals surface area contributed by atoms with Gasteiger partial charge in [-0.1, -0.05) is 35.4 Å². The molecule has 0 spiro atoms. The van der Waals surface area contributed by atoms with Gasteiger partial charge in [0.2, 0.25) is 0 Å². The van der Waals surface area contributed by atoms with E-state index in [1.54, 1.807) is 43.3 Å². The third-order valence-electron chi connectivity index (χ3n) is 4.76. The molecule has 0 heterocycles. The van der Waals surface area contributed by atoms with Crippen molar-refractivity contribution >= 4 is 44.8 Å². The number of amides is 2. The van der Waals surface area contributed by atoms with E-state index in [9.17, 15) is 18.0 Å². The number of benzene rings is 3. The number of aryl methyl sites for hydroxylation is 2. The molecule has 2 amide bonds. The zero-order valence-electron chi connectivity index (χ0n) is 17.7. The van der Waals surface area contributed by atoms with Crippen LogP contribution < -0.4 is 15.4 Å². The molecule has 32 heavy (non-hydrogen) atoms. The Kier molecular flexibility index (Phi) is 6.86. The lowest BCUT2D eigenvalue weighted by Crippen LogP contribution is -2.19. The maximum absolute atomic E-state index is 12.9. The van der Waals surface area contributed by atoms with Crippen LogP contribution in [0.2, 0.25) is 5.02 Å². The summed E-state index contributed by atoms with van der Waals surface area (Å²) in [6.45, 7) is 3.61. The van der Waals surface area contributed by atoms with Gasteiger partial charge in [-0.15, -0.1) is 0 Å². The smallest absolute Gasteiger partial charge is 0.261 e. The first-order valence-corrected chi connectivity index (χ1v) is 11.5. The second-order valence-electron chi connectivity index (χ2n) is 7.18. The molecule has 0 aliphatic carbocycles. The summed E-state index contributed by atoms with van der Waals surface area (Å²) in [5.74, 6) is -0.905. The lowest BCUT2D eigenvalue weighted by atomic mass is 10.1. The highest BCUT2D eigenvalue weighted by atomic mass is 35.5. The fourth-order valence-electron chi connectivity index (χ4n) is 2.96. The molecule has 0 aliphatic rings. The second kappa shape index (κ2) is 9.42. The topological polar surface area (TPSA) is 104 Å². The minimum atomic E-state index is -3.90. The highest BCUT2D eigenvalue weighted by molar-refractivity contribution is 7.92. The van der Waals surface area contributed by atoms with Gasteiger partial charge in [0.1, 0.15) is 0 Å². The zero-order chi connectivity index (χ0) is 23.5. The molecule has 0 unspecified atom stereocenters. The normalized spacial score (nSPS) is 11.0. The maximum atomic E-state index is 12.9. The van der Waals surface area contributed by atoms with Crippen LogP contribution in [0.5, 0.6) is 0 Å². The summed E-state index contributed by atoms with van der Waals surface area (Å²) in [5, 5.41) is 5.41. The zero-order valence-corrected chi connectivity index (χ0v) is 19.3. The summed E-state index contributed by atoms with van der Waals surface area (Å²) in [6, 6.07) is 15.8. The summed E-state index contributed by atoms with van der Waals surface area (Å²) in [6.07, 6.45) is 0. The lowest BCUT2D eigenvalue weighted by Gasteiger charge is -2.13. The Morgan fingerprint density at radius 1 is 0.812 bits per heavy atom. The highest BCUT2D eigenvalue weighted by Gasteiger charge is 2.19. The van der Waals surface area contributed by atoms with Crippen molar-refractivity contribution in [2.24, 2.45) is 0 Å². The molecule has 3 rings (SSSR count). The lowest BCUT2D eigenvalue weighted by molar-refractivity contribution is 0.0961. The van der Waals surface area contributed by atoms with E-state index in [1.807, 2.05) is 6.92 Å². The summed E-state index contributed by atoms with van der Waals surface area (Å²) >= 11 is 6.05. The molecule has 3 aromatic carbocycles. The van der Waals surface area contributed by atoms with Crippen LogP contribution >= 0.6 is 11.6 Å². The van der Waals surface area contributed by atoms with Crippen molar-refractivity contribution in [3.05, 3.63) is 87.9 Å². The molecule has 0 radical (unpaired) electrons. The largest absolute Gasteiger partial charge is 0.355 e. The third-order valence-corrected chi connectivity index (χ3v) is 6.47. The number of nitrogens with one attached hydrogen (secondary N) is 3. The average Bonchev–Trinajstić information content (AvgIpc) is 2.76. The van der Waals surface area contributed by atoms with Crippen LogP contribution in [-0.2, 0) is 10.0 Å². The Morgan fingerprint density at radius 3 is 2.12 bits per heavy atom. The molecule has 0 atom stereocenters. The van der Waals surface area contributed by atoms with Gasteiger partial charge in [0, 0.05) is 24.0 Å². The molecule has 7 nitrogen and oxygen atoms in total. The molecule has 0 saturated heterocycles. The van der Waals surface area contributed by atoms with Crippen LogP contribution in [-0.4, -0.2) is 27.3 Å². The quantitative estimate of drug-likeness (QED) is 0.496. The number of hydrogen-bond donors (Lipinski definition) is 3. The van der Waals surface area contributed by atoms with Crippen molar-refractivity contribution < 1.29 is 18.0 Å². The van der Waals surface area contributed by atoms with Gasteiger partial charge in [-0.3, -0.25) is 14.3 Å². The van der Waals surface area contributed by atoms with Gasteiger partial charge in [0.05, 0.1) is 15.5 Å². The van der Waals surface area contributed by atoms with E-state index in [-0.39, 0.29) is 21.0 Å². The molecule has 0 aromatic heterocycles. The van der Waals surface area contributed by atoms with Crippen LogP contribution in [0.15, 0.2) is 65.6 Å². The first kappa shape index (κ1) is 23.3. The second-order valence-corrected chi connectivity index (χ2v) is 9.27. The third kappa shape index (κ3) is 5.27. The predicted molar refractivity (Wildman–Crippen MR) is 126 cm³/mol. The van der Waals surface area contributed by atoms with Gasteiger partial charge >= 0.3 is 0 Å². The van der Waals surface area contributed by atoms with Crippen molar-refractivity contribution in [2.45, 2.75) is 18.7 Å². The molecule has 0 saturated carbocycles. The first-order chi connectivity index (χ1) is 15.1. The van der Waals surface area contributed by atoms with Crippen LogP contribution in [0.4, 0.5) is 11.4 Å². The Bertz CT molecular complexity index is 1290. The maximum Gasteiger partial charge on any atom is 0.261 e. The molecule has 166 valence electrons. The van der Waals surface area contributed by atoms with Gasteiger partial charge < -0.3 is 10.6 Å². The minimum absolute atomic E-state index is 0.0454. The van der Waals surface area contributed by atoms with E-state index in [4.69, 9.17) is 11.6 Å². The van der Waals surface area contributed by atoms with Gasteiger partial charge in [-0.2, -0.15) is 0 Å². The molecule has 0 bridgehead atoms. The summed E-state index contributed by atoms with van der Waals surface area (Å²) in [4.78, 5) is 24.8. The SMILES string of the molecule is CNC(=O)c1cc(NC(=O)c2cc(S(=O)(=O)Nc3ccc(C)cc3)ccc2C)ccc1Cl. The van der Waals surface area contributed by atoms with E-state index in [0.717, 1.165) is 5.56 Å². The predicted octanol–water partition coefficient (Wildman–Crippen LogP) is 4.37. The van der Waals surface area contributed by atoms with E-state index in [2.05, 4.69) is 15.4 Å². The molecular weight excluding hydrogens is 450 g/mol. The van der Waals surface area contributed by atoms with E-state index < -0.39 is 21.8 Å². The Balaban J connectivity index is 1.87. The number of rotatable bonds is 6. The molecule has 3 aromatic rings. The van der Waals surface area contributed by atoms with Crippen LogP contribution in [0.25, 0.3) is 0 Å². The molecule has 0 fully saturated rings. The number of carbonyl (C=O) groups excluding carboxylic acids is 2. The molecule has 9 heteroatoms. The summed E-state index contributed by atoms with van der Waals surface area (Å²) < 4.78 is 28.1. The van der Waals surface area contributed by atoms with Gasteiger partial charge in [-0.25, -0.2) is 8.42 Å². The fourth-order valence-corrected chi connectivity index (χ4v) is 4.25. The average molecular weight is 472 g/mol. The molecule has 0 aliphatic heterocycles. The number of sulfonamides is 1. The van der Waals surface area contributed by atoms with Crippen LogP contribution in [0.1, 0.15) is 31.8 Å². The summed E-state index contributed by atoms with van der Waals surface area (Å²) in [5.41, 5.74) is 2.77. The van der Waals surface area contributed by atoms with E-state index >= 15 is 0 Å². The number of halogens is 1. The van der Waals surface area contributed by atoms with Crippen molar-refractivity contribution in [1.29, 1.82) is 0 Å². The Labute approximate surface area is 191 Å². The molecular formula is C23H22ClN3O4S. The first-order valence-electron chi connectivity index (χ1n) is 9.64. The molecule has 3 N–H and O–H groups in total. The Morgan fingerprint density at radius 2 is 1.47 bits per heavy atom. The van der Waals surface area contributed by atoms with Crippen molar-refractivity contribution in [2.75, 3.05) is 17.1 Å². The van der Waals surface area contributed by atoms with Crippen molar-refractivity contribution in [1.82, 2.24) is 5.32 Å². The van der Waals surface area contributed by atoms with Crippen LogP contribution in [0, 0.1) is 13.8 Å². The highest BCUT2D eigenvalue weighted by Crippen LogP contribution is 2.23.